The molecule has 0 unspecified atom stereocenters. The van der Waals surface area contributed by atoms with Crippen molar-refractivity contribution < 1.29 is 14.2 Å². The van der Waals surface area contributed by atoms with Crippen LogP contribution in [0.1, 0.15) is 32.6 Å². The van der Waals surface area contributed by atoms with Gasteiger partial charge in [0, 0.05) is 69.8 Å². The van der Waals surface area contributed by atoms with E-state index in [0.29, 0.717) is 6.04 Å². The molecule has 2 N–H and O–H groups in total. The zero-order valence-corrected chi connectivity index (χ0v) is 17.8. The Morgan fingerprint density at radius 2 is 1.79 bits per heavy atom. The van der Waals surface area contributed by atoms with Gasteiger partial charge in [-0.25, -0.2) is 0 Å². The molecule has 1 aliphatic heterocycles. The molecule has 0 radical (unpaired) electrons. The standard InChI is InChI=1S/C21H36N4O3/c1-5-28-13-7-6-10-23-21(22-2)24-17-8-11-25(12-9-17)18-14-19(26-3)16-20(15-18)27-4/h14-17H,5-13H2,1-4H3,(H2,22,23,24). The highest BCUT2D eigenvalue weighted by Crippen LogP contribution is 2.30. The maximum absolute atomic E-state index is 5.39. The lowest BCUT2D eigenvalue weighted by Gasteiger charge is -2.34. The zero-order chi connectivity index (χ0) is 20.2. The highest BCUT2D eigenvalue weighted by molar-refractivity contribution is 5.80. The lowest BCUT2D eigenvalue weighted by molar-refractivity contribution is 0.143. The topological polar surface area (TPSA) is 67.4 Å². The summed E-state index contributed by atoms with van der Waals surface area (Å²) in [5.74, 6) is 2.53. The first-order valence-electron chi connectivity index (χ1n) is 10.2. The average Bonchev–Trinajstić information content (AvgIpc) is 2.75. The molecule has 0 bridgehead atoms. The second kappa shape index (κ2) is 12.3. The van der Waals surface area contributed by atoms with E-state index >= 15 is 0 Å². The third kappa shape index (κ3) is 7.11. The predicted molar refractivity (Wildman–Crippen MR) is 115 cm³/mol. The summed E-state index contributed by atoms with van der Waals surface area (Å²) in [6.07, 6.45) is 4.27. The van der Waals surface area contributed by atoms with Gasteiger partial charge in [0.25, 0.3) is 0 Å². The van der Waals surface area contributed by atoms with Gasteiger partial charge in [0.05, 0.1) is 14.2 Å². The minimum Gasteiger partial charge on any atom is -0.497 e. The number of nitrogens with zero attached hydrogens (tertiary/aromatic N) is 2. The maximum Gasteiger partial charge on any atom is 0.191 e. The molecule has 1 saturated heterocycles. The lowest BCUT2D eigenvalue weighted by Crippen LogP contribution is -2.48. The zero-order valence-electron chi connectivity index (χ0n) is 17.8. The van der Waals surface area contributed by atoms with E-state index in [1.807, 2.05) is 20.0 Å². The van der Waals surface area contributed by atoms with E-state index in [1.54, 1.807) is 14.2 Å². The highest BCUT2D eigenvalue weighted by Gasteiger charge is 2.21. The molecule has 28 heavy (non-hydrogen) atoms. The second-order valence-electron chi connectivity index (χ2n) is 6.88. The van der Waals surface area contributed by atoms with Crippen LogP contribution in [0.4, 0.5) is 5.69 Å². The van der Waals surface area contributed by atoms with E-state index in [0.717, 1.165) is 81.7 Å². The van der Waals surface area contributed by atoms with Crippen LogP contribution in [0.25, 0.3) is 0 Å². The number of anilines is 1. The van der Waals surface area contributed by atoms with Crippen molar-refractivity contribution in [3.63, 3.8) is 0 Å². The van der Waals surface area contributed by atoms with E-state index in [9.17, 15) is 0 Å². The molecule has 158 valence electrons. The molecule has 0 saturated carbocycles. The van der Waals surface area contributed by atoms with Gasteiger partial charge in [-0.2, -0.15) is 0 Å². The number of guanidine groups is 1. The minimum atomic E-state index is 0.429. The first kappa shape index (κ1) is 22.1. The van der Waals surface area contributed by atoms with Gasteiger partial charge in [0.15, 0.2) is 5.96 Å². The van der Waals surface area contributed by atoms with E-state index in [1.165, 1.54) is 0 Å². The fourth-order valence-electron chi connectivity index (χ4n) is 3.33. The van der Waals surface area contributed by atoms with Crippen LogP contribution in [-0.4, -0.2) is 66.1 Å². The number of piperidine rings is 1. The number of hydrogen-bond donors (Lipinski definition) is 2. The fraction of sp³-hybridized carbons (Fsp3) is 0.667. The molecule has 0 atom stereocenters. The van der Waals surface area contributed by atoms with Crippen molar-refractivity contribution in [1.82, 2.24) is 10.6 Å². The van der Waals surface area contributed by atoms with Gasteiger partial charge < -0.3 is 29.7 Å². The summed E-state index contributed by atoms with van der Waals surface area (Å²) in [5.41, 5.74) is 1.14. The van der Waals surface area contributed by atoms with Crippen molar-refractivity contribution in [1.29, 1.82) is 0 Å². The number of rotatable bonds is 10. The molecule has 1 aromatic rings. The van der Waals surface area contributed by atoms with Crippen LogP contribution in [0.3, 0.4) is 0 Å². The highest BCUT2D eigenvalue weighted by atomic mass is 16.5. The molecular weight excluding hydrogens is 356 g/mol. The molecule has 1 fully saturated rings. The molecule has 1 aromatic carbocycles. The normalized spacial score (nSPS) is 15.4. The Balaban J connectivity index is 1.77. The van der Waals surface area contributed by atoms with Crippen molar-refractivity contribution in [3.05, 3.63) is 18.2 Å². The van der Waals surface area contributed by atoms with Crippen LogP contribution in [0.5, 0.6) is 11.5 Å². The SMILES string of the molecule is CCOCCCCNC(=NC)NC1CCN(c2cc(OC)cc(OC)c2)CC1. The smallest absolute Gasteiger partial charge is 0.191 e. The number of methoxy groups -OCH3 is 2. The first-order chi connectivity index (χ1) is 13.7. The Morgan fingerprint density at radius 1 is 1.11 bits per heavy atom. The van der Waals surface area contributed by atoms with Crippen LogP contribution in [0.2, 0.25) is 0 Å². The largest absolute Gasteiger partial charge is 0.497 e. The molecule has 7 heteroatoms. The molecule has 1 heterocycles. The Hall–Kier alpha value is -2.15. The van der Waals surface area contributed by atoms with Gasteiger partial charge in [0.2, 0.25) is 0 Å². The van der Waals surface area contributed by atoms with E-state index in [2.05, 4.69) is 32.7 Å². The summed E-state index contributed by atoms with van der Waals surface area (Å²) >= 11 is 0. The number of benzene rings is 1. The van der Waals surface area contributed by atoms with Gasteiger partial charge in [-0.3, -0.25) is 4.99 Å². The molecule has 2 rings (SSSR count). The molecular formula is C21H36N4O3. The van der Waals surface area contributed by atoms with Crippen molar-refractivity contribution in [2.45, 2.75) is 38.6 Å². The van der Waals surface area contributed by atoms with Crippen molar-refractivity contribution in [3.8, 4) is 11.5 Å². The quantitative estimate of drug-likeness (QED) is 0.363. The number of aliphatic imine (C=N–C) groups is 1. The van der Waals surface area contributed by atoms with E-state index in [4.69, 9.17) is 14.2 Å². The van der Waals surface area contributed by atoms with E-state index in [-0.39, 0.29) is 0 Å². The molecule has 1 aliphatic rings. The number of nitrogens with one attached hydrogen (secondary N) is 2. The molecule has 7 nitrogen and oxygen atoms in total. The molecule has 0 spiro atoms. The predicted octanol–water partition coefficient (Wildman–Crippen LogP) is 2.65. The summed E-state index contributed by atoms with van der Waals surface area (Å²) in [6.45, 7) is 6.53. The Kier molecular flexibility index (Phi) is 9.76. The summed E-state index contributed by atoms with van der Waals surface area (Å²) in [4.78, 5) is 6.74. The third-order valence-corrected chi connectivity index (χ3v) is 4.97. The Labute approximate surface area is 169 Å². The third-order valence-electron chi connectivity index (χ3n) is 4.97. The van der Waals surface area contributed by atoms with Gasteiger partial charge in [-0.1, -0.05) is 0 Å². The van der Waals surface area contributed by atoms with Crippen molar-refractivity contribution >= 4 is 11.6 Å². The Bertz CT molecular complexity index is 579. The van der Waals surface area contributed by atoms with Crippen molar-refractivity contribution in [2.75, 3.05) is 59.0 Å². The molecule has 0 aliphatic carbocycles. The summed E-state index contributed by atoms with van der Waals surface area (Å²) in [7, 11) is 5.20. The van der Waals surface area contributed by atoms with Gasteiger partial charge in [-0.15, -0.1) is 0 Å². The molecule has 0 aromatic heterocycles. The van der Waals surface area contributed by atoms with Crippen LogP contribution in [0.15, 0.2) is 23.2 Å². The van der Waals surface area contributed by atoms with Gasteiger partial charge in [-0.05, 0) is 32.6 Å². The Morgan fingerprint density at radius 3 is 2.36 bits per heavy atom. The summed E-state index contributed by atoms with van der Waals surface area (Å²) < 4.78 is 16.2. The summed E-state index contributed by atoms with van der Waals surface area (Å²) in [5, 5.41) is 6.96. The maximum atomic E-state index is 5.39. The first-order valence-corrected chi connectivity index (χ1v) is 10.2. The minimum absolute atomic E-state index is 0.429. The summed E-state index contributed by atoms with van der Waals surface area (Å²) in [6, 6.07) is 6.47. The fourth-order valence-corrected chi connectivity index (χ4v) is 3.33. The van der Waals surface area contributed by atoms with Crippen LogP contribution in [-0.2, 0) is 4.74 Å². The van der Waals surface area contributed by atoms with Gasteiger partial charge >= 0.3 is 0 Å². The van der Waals surface area contributed by atoms with Gasteiger partial charge in [0.1, 0.15) is 11.5 Å². The van der Waals surface area contributed by atoms with Crippen LogP contribution < -0.4 is 25.0 Å². The second-order valence-corrected chi connectivity index (χ2v) is 6.88. The lowest BCUT2D eigenvalue weighted by atomic mass is 10.0. The monoisotopic (exact) mass is 392 g/mol. The van der Waals surface area contributed by atoms with Crippen molar-refractivity contribution in [2.24, 2.45) is 4.99 Å². The van der Waals surface area contributed by atoms with E-state index < -0.39 is 0 Å². The van der Waals surface area contributed by atoms with Crippen LogP contribution in [0, 0.1) is 0 Å². The number of hydrogen-bond acceptors (Lipinski definition) is 5. The average molecular weight is 393 g/mol. The molecule has 0 amide bonds. The van der Waals surface area contributed by atoms with Crippen LogP contribution >= 0.6 is 0 Å². The number of ether oxygens (including phenoxy) is 3. The number of unbranched alkanes of at least 4 members (excludes halogenated alkanes) is 1.